The largest absolute Gasteiger partial charge is 0.377 e. The van der Waals surface area contributed by atoms with Crippen molar-refractivity contribution in [3.05, 3.63) is 66.2 Å². The molecular formula is C23H24FN7O3. The van der Waals surface area contributed by atoms with Crippen LogP contribution in [0.2, 0.25) is 0 Å². The highest BCUT2D eigenvalue weighted by Gasteiger charge is 2.25. The van der Waals surface area contributed by atoms with Crippen LogP contribution < -0.4 is 5.32 Å². The van der Waals surface area contributed by atoms with Crippen molar-refractivity contribution < 1.29 is 18.7 Å². The molecule has 0 unspecified atom stereocenters. The van der Waals surface area contributed by atoms with E-state index in [0.717, 1.165) is 11.3 Å². The Bertz CT molecular complexity index is 1300. The lowest BCUT2D eigenvalue weighted by atomic mass is 10.2. The van der Waals surface area contributed by atoms with E-state index in [-0.39, 0.29) is 36.8 Å². The van der Waals surface area contributed by atoms with E-state index >= 15 is 0 Å². The molecule has 0 aliphatic rings. The SMILES string of the molecule is CN(CCOCCF)C(=O)c1cnn(C)c1C(=O)Nc1ccn2cc(-c3ccccc3)nc2n1. The van der Waals surface area contributed by atoms with Crippen LogP contribution in [0.1, 0.15) is 20.8 Å². The fourth-order valence-corrected chi connectivity index (χ4v) is 3.39. The molecule has 1 aromatic carbocycles. The highest BCUT2D eigenvalue weighted by molar-refractivity contribution is 6.10. The van der Waals surface area contributed by atoms with Gasteiger partial charge >= 0.3 is 0 Å². The Balaban J connectivity index is 1.50. The first kappa shape index (κ1) is 23.1. The summed E-state index contributed by atoms with van der Waals surface area (Å²) in [4.78, 5) is 36.2. The van der Waals surface area contributed by atoms with Crippen molar-refractivity contribution in [3.63, 3.8) is 0 Å². The van der Waals surface area contributed by atoms with Crippen molar-refractivity contribution >= 4 is 23.4 Å². The van der Waals surface area contributed by atoms with Crippen LogP contribution >= 0.6 is 0 Å². The second-order valence-electron chi connectivity index (χ2n) is 7.52. The highest BCUT2D eigenvalue weighted by Crippen LogP contribution is 2.19. The number of aryl methyl sites for hydroxylation is 1. The number of benzene rings is 1. The molecule has 176 valence electrons. The molecule has 1 N–H and O–H groups in total. The molecule has 0 radical (unpaired) electrons. The van der Waals surface area contributed by atoms with E-state index in [4.69, 9.17) is 4.74 Å². The Hall–Kier alpha value is -4.12. The third-order valence-corrected chi connectivity index (χ3v) is 5.16. The number of likely N-dealkylation sites (N-methyl/N-ethyl adjacent to an activating group) is 1. The summed E-state index contributed by atoms with van der Waals surface area (Å²) in [7, 11) is 3.15. The normalized spacial score (nSPS) is 11.0. The van der Waals surface area contributed by atoms with E-state index in [1.807, 2.05) is 36.5 Å². The van der Waals surface area contributed by atoms with E-state index in [1.165, 1.54) is 15.8 Å². The molecule has 2 amide bonds. The fourth-order valence-electron chi connectivity index (χ4n) is 3.39. The third-order valence-electron chi connectivity index (χ3n) is 5.16. The molecule has 4 aromatic rings. The lowest BCUT2D eigenvalue weighted by molar-refractivity contribution is 0.0673. The van der Waals surface area contributed by atoms with Gasteiger partial charge in [0.25, 0.3) is 11.8 Å². The minimum absolute atomic E-state index is 0.0245. The summed E-state index contributed by atoms with van der Waals surface area (Å²) in [5.41, 5.74) is 1.95. The summed E-state index contributed by atoms with van der Waals surface area (Å²) < 4.78 is 20.3. The molecule has 11 heteroatoms. The molecular weight excluding hydrogens is 441 g/mol. The number of nitrogens with one attached hydrogen (secondary N) is 1. The molecule has 34 heavy (non-hydrogen) atoms. The van der Waals surface area contributed by atoms with Gasteiger partial charge in [-0.25, -0.2) is 9.37 Å². The standard InChI is InChI=1S/C23H24FN7O3/c1-29(11-13-34-12-9-24)22(33)17-14-25-30(2)20(17)21(32)27-19-8-10-31-15-18(26-23(31)28-19)16-6-4-3-5-7-16/h3-8,10,14-15H,9,11-13H2,1-2H3,(H,26,27,28,32). The number of amides is 2. The van der Waals surface area contributed by atoms with Gasteiger partial charge in [0.2, 0.25) is 5.78 Å². The molecule has 4 rings (SSSR count). The maximum Gasteiger partial charge on any atom is 0.275 e. The number of anilines is 1. The van der Waals surface area contributed by atoms with Crippen LogP contribution in [-0.4, -0.2) is 74.3 Å². The Kier molecular flexibility index (Phi) is 6.93. The molecule has 0 bridgehead atoms. The van der Waals surface area contributed by atoms with Gasteiger partial charge in [0, 0.05) is 38.6 Å². The molecule has 0 fully saturated rings. The van der Waals surface area contributed by atoms with Gasteiger partial charge < -0.3 is 15.0 Å². The monoisotopic (exact) mass is 465 g/mol. The van der Waals surface area contributed by atoms with Crippen LogP contribution in [0.15, 0.2) is 55.0 Å². The van der Waals surface area contributed by atoms with Crippen molar-refractivity contribution in [1.82, 2.24) is 29.0 Å². The molecule has 0 aliphatic heterocycles. The fraction of sp³-hybridized carbons (Fsp3) is 0.261. The number of aromatic nitrogens is 5. The van der Waals surface area contributed by atoms with E-state index in [0.29, 0.717) is 5.78 Å². The number of alkyl halides is 1. The first-order valence-corrected chi connectivity index (χ1v) is 10.6. The summed E-state index contributed by atoms with van der Waals surface area (Å²) >= 11 is 0. The number of ether oxygens (including phenoxy) is 1. The molecule has 0 atom stereocenters. The quantitative estimate of drug-likeness (QED) is 0.381. The van der Waals surface area contributed by atoms with E-state index < -0.39 is 18.5 Å². The number of fused-ring (bicyclic) bond motifs is 1. The Morgan fingerprint density at radius 3 is 2.71 bits per heavy atom. The predicted octanol–water partition coefficient (Wildman–Crippen LogP) is 2.44. The second-order valence-corrected chi connectivity index (χ2v) is 7.52. The van der Waals surface area contributed by atoms with Crippen molar-refractivity contribution in [3.8, 4) is 11.3 Å². The molecule has 3 heterocycles. The summed E-state index contributed by atoms with van der Waals surface area (Å²) in [5, 5.41) is 6.79. The van der Waals surface area contributed by atoms with Crippen molar-refractivity contribution in [2.75, 3.05) is 38.8 Å². The Morgan fingerprint density at radius 1 is 1.15 bits per heavy atom. The molecule has 10 nitrogen and oxygen atoms in total. The van der Waals surface area contributed by atoms with Gasteiger partial charge in [0.1, 0.15) is 18.2 Å². The van der Waals surface area contributed by atoms with Crippen LogP contribution in [0.25, 0.3) is 17.0 Å². The van der Waals surface area contributed by atoms with Crippen LogP contribution in [0.4, 0.5) is 10.2 Å². The maximum atomic E-state index is 13.0. The molecule has 0 saturated heterocycles. The van der Waals surface area contributed by atoms with Gasteiger partial charge in [0.05, 0.1) is 30.7 Å². The maximum absolute atomic E-state index is 13.0. The molecule has 0 saturated carbocycles. The topological polar surface area (TPSA) is 107 Å². The Morgan fingerprint density at radius 2 is 1.94 bits per heavy atom. The average Bonchev–Trinajstić information content (AvgIpc) is 3.45. The first-order chi connectivity index (χ1) is 16.5. The number of imidazole rings is 1. The van der Waals surface area contributed by atoms with Gasteiger partial charge in [0.15, 0.2) is 0 Å². The lowest BCUT2D eigenvalue weighted by Gasteiger charge is -2.17. The summed E-state index contributed by atoms with van der Waals surface area (Å²) in [5.74, 6) is -0.218. The van der Waals surface area contributed by atoms with E-state index in [1.54, 1.807) is 30.8 Å². The van der Waals surface area contributed by atoms with Gasteiger partial charge in [-0.1, -0.05) is 30.3 Å². The molecule has 0 aliphatic carbocycles. The van der Waals surface area contributed by atoms with Crippen molar-refractivity contribution in [2.24, 2.45) is 7.05 Å². The average molecular weight is 465 g/mol. The predicted molar refractivity (Wildman–Crippen MR) is 123 cm³/mol. The van der Waals surface area contributed by atoms with E-state index in [2.05, 4.69) is 20.4 Å². The van der Waals surface area contributed by atoms with Crippen LogP contribution in [-0.2, 0) is 11.8 Å². The number of hydrogen-bond acceptors (Lipinski definition) is 6. The minimum atomic E-state index is -0.587. The summed E-state index contributed by atoms with van der Waals surface area (Å²) in [6, 6.07) is 11.3. The zero-order valence-corrected chi connectivity index (χ0v) is 18.8. The number of rotatable bonds is 9. The number of carbonyl (C=O) groups is 2. The van der Waals surface area contributed by atoms with E-state index in [9.17, 15) is 14.0 Å². The number of nitrogens with zero attached hydrogens (tertiary/aromatic N) is 6. The minimum Gasteiger partial charge on any atom is -0.377 e. The van der Waals surface area contributed by atoms with Crippen LogP contribution in [0.5, 0.6) is 0 Å². The number of halogens is 1. The van der Waals surface area contributed by atoms with Crippen LogP contribution in [0.3, 0.4) is 0 Å². The van der Waals surface area contributed by atoms with Gasteiger partial charge in [-0.15, -0.1) is 0 Å². The van der Waals surface area contributed by atoms with Gasteiger partial charge in [-0.05, 0) is 6.07 Å². The molecule has 0 spiro atoms. The van der Waals surface area contributed by atoms with Crippen molar-refractivity contribution in [2.45, 2.75) is 0 Å². The smallest absolute Gasteiger partial charge is 0.275 e. The lowest BCUT2D eigenvalue weighted by Crippen LogP contribution is -2.32. The first-order valence-electron chi connectivity index (χ1n) is 10.6. The van der Waals surface area contributed by atoms with Crippen LogP contribution in [0, 0.1) is 0 Å². The highest BCUT2D eigenvalue weighted by atomic mass is 19.1. The molecule has 3 aromatic heterocycles. The zero-order valence-electron chi connectivity index (χ0n) is 18.8. The summed E-state index contributed by atoms with van der Waals surface area (Å²) in [6.45, 7) is -0.177. The number of carbonyl (C=O) groups excluding carboxylic acids is 2. The second kappa shape index (κ2) is 10.2. The number of hydrogen-bond donors (Lipinski definition) is 1. The van der Waals surface area contributed by atoms with Gasteiger partial charge in [-0.3, -0.25) is 18.7 Å². The Labute approximate surface area is 195 Å². The van der Waals surface area contributed by atoms with Gasteiger partial charge in [-0.2, -0.15) is 10.1 Å². The summed E-state index contributed by atoms with van der Waals surface area (Å²) in [6.07, 6.45) is 4.94. The third kappa shape index (κ3) is 4.94. The zero-order chi connectivity index (χ0) is 24.1. The van der Waals surface area contributed by atoms with Crippen molar-refractivity contribution in [1.29, 1.82) is 0 Å².